The van der Waals surface area contributed by atoms with Crippen LogP contribution in [0.2, 0.25) is 0 Å². The van der Waals surface area contributed by atoms with E-state index in [1.165, 1.54) is 21.9 Å². The maximum Gasteiger partial charge on any atom is 0.150 e. The first kappa shape index (κ1) is 16.8. The monoisotopic (exact) mass is 368 g/mol. The average molecular weight is 368 g/mol. The maximum absolute atomic E-state index is 9.70. The molecule has 138 valence electrons. The predicted octanol–water partition coefficient (Wildman–Crippen LogP) is 5.33. The summed E-state index contributed by atoms with van der Waals surface area (Å²) in [6.07, 6.45) is 2.09. The molecule has 4 heteroatoms. The van der Waals surface area contributed by atoms with Crippen LogP contribution in [0.3, 0.4) is 0 Å². The zero-order valence-corrected chi connectivity index (χ0v) is 15.4. The van der Waals surface area contributed by atoms with Crippen LogP contribution in [-0.4, -0.2) is 16.1 Å². The van der Waals surface area contributed by atoms with E-state index in [1.807, 2.05) is 30.3 Å². The second-order valence-corrected chi connectivity index (χ2v) is 7.31. The lowest BCUT2D eigenvalue weighted by molar-refractivity contribution is 0.317. The Morgan fingerprint density at radius 1 is 0.929 bits per heavy atom. The van der Waals surface area contributed by atoms with Gasteiger partial charge in [-0.1, -0.05) is 83.1 Å². The van der Waals surface area contributed by atoms with E-state index in [9.17, 15) is 5.21 Å². The number of rotatable bonds is 3. The molecule has 3 aromatic carbocycles. The van der Waals surface area contributed by atoms with Crippen molar-refractivity contribution in [3.63, 3.8) is 0 Å². The minimum atomic E-state index is 0.245. The molecule has 1 unspecified atom stereocenters. The Bertz CT molecular complexity index is 1160. The third kappa shape index (κ3) is 2.87. The highest BCUT2D eigenvalue weighted by Gasteiger charge is 2.31. The first-order chi connectivity index (χ1) is 13.8. The van der Waals surface area contributed by atoms with Crippen LogP contribution in [0.5, 0.6) is 0 Å². The summed E-state index contributed by atoms with van der Waals surface area (Å²) in [4.78, 5) is 0. The van der Waals surface area contributed by atoms with E-state index < -0.39 is 0 Å². The van der Waals surface area contributed by atoms with Crippen LogP contribution in [-0.2, 0) is 12.8 Å². The van der Waals surface area contributed by atoms with E-state index in [0.29, 0.717) is 18.6 Å². The summed E-state index contributed by atoms with van der Waals surface area (Å²) >= 11 is 0. The summed E-state index contributed by atoms with van der Waals surface area (Å²) in [5, 5.41) is 20.1. The van der Waals surface area contributed by atoms with Crippen molar-refractivity contribution in [3.8, 4) is 0 Å². The number of hydrogen-bond acceptors (Lipinski definition) is 4. The SMILES string of the molecule is ON=C1CC(c2ccccc2)Cc2noc(Cc3cccc4ccccc34)c21. The van der Waals surface area contributed by atoms with E-state index in [4.69, 9.17) is 4.52 Å². The van der Waals surface area contributed by atoms with Gasteiger partial charge in [0.05, 0.1) is 17.0 Å². The molecule has 0 saturated heterocycles. The number of nitrogens with zero attached hydrogens (tertiary/aromatic N) is 2. The Morgan fingerprint density at radius 3 is 2.57 bits per heavy atom. The van der Waals surface area contributed by atoms with Gasteiger partial charge in [0.2, 0.25) is 0 Å². The Hall–Kier alpha value is -3.40. The van der Waals surface area contributed by atoms with Gasteiger partial charge in [-0.2, -0.15) is 0 Å². The summed E-state index contributed by atoms with van der Waals surface area (Å²) in [6, 6.07) is 24.9. The van der Waals surface area contributed by atoms with Crippen LogP contribution in [0.15, 0.2) is 82.5 Å². The average Bonchev–Trinajstić information content (AvgIpc) is 3.17. The molecule has 28 heavy (non-hydrogen) atoms. The van der Waals surface area contributed by atoms with Crippen molar-refractivity contribution in [2.75, 3.05) is 0 Å². The molecule has 0 amide bonds. The van der Waals surface area contributed by atoms with Crippen LogP contribution in [0.25, 0.3) is 10.8 Å². The molecule has 1 atom stereocenters. The number of fused-ring (bicyclic) bond motifs is 2. The standard InChI is InChI=1S/C24H20N2O2/c27-25-21-13-19(16-7-2-1-3-8-16)14-22-24(21)23(28-26-22)15-18-11-6-10-17-9-4-5-12-20(17)18/h1-12,19,27H,13-15H2. The lowest BCUT2D eigenvalue weighted by atomic mass is 9.81. The van der Waals surface area contributed by atoms with Gasteiger partial charge in [-0.3, -0.25) is 0 Å². The van der Waals surface area contributed by atoms with Gasteiger partial charge < -0.3 is 9.73 Å². The summed E-state index contributed by atoms with van der Waals surface area (Å²) < 4.78 is 5.74. The van der Waals surface area contributed by atoms with Crippen LogP contribution in [0.1, 0.15) is 40.5 Å². The Kier molecular flexibility index (Phi) is 4.17. The molecular weight excluding hydrogens is 348 g/mol. The molecule has 1 aromatic heterocycles. The molecule has 1 N–H and O–H groups in total. The number of benzene rings is 3. The lowest BCUT2D eigenvalue weighted by Crippen LogP contribution is -2.20. The Labute approximate surface area is 163 Å². The van der Waals surface area contributed by atoms with E-state index in [-0.39, 0.29) is 5.92 Å². The molecule has 1 aliphatic rings. The molecule has 0 bridgehead atoms. The lowest BCUT2D eigenvalue weighted by Gasteiger charge is -2.22. The van der Waals surface area contributed by atoms with Crippen molar-refractivity contribution in [2.45, 2.75) is 25.2 Å². The molecule has 4 aromatic rings. The van der Waals surface area contributed by atoms with E-state index in [0.717, 1.165) is 23.4 Å². The highest BCUT2D eigenvalue weighted by Crippen LogP contribution is 2.35. The molecule has 4 nitrogen and oxygen atoms in total. The van der Waals surface area contributed by atoms with Gasteiger partial charge in [-0.05, 0) is 27.8 Å². The van der Waals surface area contributed by atoms with Gasteiger partial charge in [0.25, 0.3) is 0 Å². The van der Waals surface area contributed by atoms with Gasteiger partial charge >= 0.3 is 0 Å². The zero-order valence-electron chi connectivity index (χ0n) is 15.4. The summed E-state index contributed by atoms with van der Waals surface area (Å²) in [7, 11) is 0. The van der Waals surface area contributed by atoms with Crippen LogP contribution >= 0.6 is 0 Å². The van der Waals surface area contributed by atoms with E-state index >= 15 is 0 Å². The van der Waals surface area contributed by atoms with Crippen molar-refractivity contribution in [1.29, 1.82) is 0 Å². The van der Waals surface area contributed by atoms with Gasteiger partial charge in [0, 0.05) is 19.3 Å². The van der Waals surface area contributed by atoms with Gasteiger partial charge in [-0.15, -0.1) is 0 Å². The molecule has 1 heterocycles. The second kappa shape index (κ2) is 6.97. The van der Waals surface area contributed by atoms with Gasteiger partial charge in [0.15, 0.2) is 5.76 Å². The molecule has 5 rings (SSSR count). The first-order valence-electron chi connectivity index (χ1n) is 9.54. The molecule has 0 fully saturated rings. The third-order valence-electron chi connectivity index (χ3n) is 5.62. The molecule has 0 saturated carbocycles. The van der Waals surface area contributed by atoms with Crippen molar-refractivity contribution in [2.24, 2.45) is 5.16 Å². The fourth-order valence-electron chi connectivity index (χ4n) is 4.26. The largest absolute Gasteiger partial charge is 0.411 e. The van der Waals surface area contributed by atoms with E-state index in [1.54, 1.807) is 0 Å². The Morgan fingerprint density at radius 2 is 1.71 bits per heavy atom. The summed E-state index contributed by atoms with van der Waals surface area (Å²) in [6.45, 7) is 0. The maximum atomic E-state index is 9.70. The smallest absolute Gasteiger partial charge is 0.150 e. The fourth-order valence-corrected chi connectivity index (χ4v) is 4.26. The molecule has 1 aliphatic carbocycles. The van der Waals surface area contributed by atoms with Crippen molar-refractivity contribution in [3.05, 3.63) is 101 Å². The number of oxime groups is 1. The van der Waals surface area contributed by atoms with Gasteiger partial charge in [0.1, 0.15) is 0 Å². The predicted molar refractivity (Wildman–Crippen MR) is 109 cm³/mol. The molecular formula is C24H20N2O2. The fraction of sp³-hybridized carbons (Fsp3) is 0.167. The highest BCUT2D eigenvalue weighted by molar-refractivity contribution is 6.03. The quantitative estimate of drug-likeness (QED) is 0.393. The Balaban J connectivity index is 1.52. The summed E-state index contributed by atoms with van der Waals surface area (Å²) in [5.74, 6) is 1.01. The minimum absolute atomic E-state index is 0.245. The summed E-state index contributed by atoms with van der Waals surface area (Å²) in [5.41, 5.74) is 4.82. The van der Waals surface area contributed by atoms with Gasteiger partial charge in [-0.25, -0.2) is 0 Å². The normalized spacial score (nSPS) is 17.7. The number of aromatic nitrogens is 1. The molecule has 0 spiro atoms. The highest BCUT2D eigenvalue weighted by atomic mass is 16.5. The number of hydrogen-bond donors (Lipinski definition) is 1. The van der Waals surface area contributed by atoms with E-state index in [2.05, 4.69) is 52.8 Å². The minimum Gasteiger partial charge on any atom is -0.411 e. The first-order valence-corrected chi connectivity index (χ1v) is 9.54. The van der Waals surface area contributed by atoms with Crippen LogP contribution < -0.4 is 0 Å². The molecule has 0 radical (unpaired) electrons. The molecule has 0 aliphatic heterocycles. The van der Waals surface area contributed by atoms with Crippen LogP contribution in [0.4, 0.5) is 0 Å². The van der Waals surface area contributed by atoms with Crippen molar-refractivity contribution in [1.82, 2.24) is 5.16 Å². The third-order valence-corrected chi connectivity index (χ3v) is 5.62. The zero-order chi connectivity index (χ0) is 18.9. The van der Waals surface area contributed by atoms with Crippen molar-refractivity contribution < 1.29 is 9.73 Å². The van der Waals surface area contributed by atoms with Crippen LogP contribution in [0, 0.1) is 0 Å². The van der Waals surface area contributed by atoms with Crippen molar-refractivity contribution >= 4 is 16.5 Å². The second-order valence-electron chi connectivity index (χ2n) is 7.31. The topological polar surface area (TPSA) is 58.6 Å².